The van der Waals surface area contributed by atoms with Gasteiger partial charge in [-0.05, 0) is 24.3 Å². The van der Waals surface area contributed by atoms with Crippen LogP contribution in [0.3, 0.4) is 0 Å². The lowest BCUT2D eigenvalue weighted by atomic mass is 10.1. The Morgan fingerprint density at radius 3 is 2.95 bits per heavy atom. The van der Waals surface area contributed by atoms with Gasteiger partial charge in [-0.3, -0.25) is 4.98 Å². The van der Waals surface area contributed by atoms with Gasteiger partial charge in [0.1, 0.15) is 6.61 Å². The number of ether oxygens (including phenoxy) is 3. The summed E-state index contributed by atoms with van der Waals surface area (Å²) in [6.45, 7) is 1.09. The standard InChI is InChI=1S/C14H12ClNO4/c15-13-9-2-1-5-16-11(9)4-3-10(13)14(17)20-8-12-18-6-7-19-12/h1-5,12H,6-8H2. The first-order valence-corrected chi connectivity index (χ1v) is 6.57. The van der Waals surface area contributed by atoms with Crippen molar-refractivity contribution in [1.29, 1.82) is 0 Å². The summed E-state index contributed by atoms with van der Waals surface area (Å²) in [5.41, 5.74) is 1.04. The van der Waals surface area contributed by atoms with Gasteiger partial charge in [0, 0.05) is 11.6 Å². The third-order valence-corrected chi connectivity index (χ3v) is 3.39. The topological polar surface area (TPSA) is 57.7 Å². The van der Waals surface area contributed by atoms with Gasteiger partial charge in [0.15, 0.2) is 6.29 Å². The fourth-order valence-corrected chi connectivity index (χ4v) is 2.30. The Kier molecular flexibility index (Phi) is 3.82. The molecule has 1 saturated heterocycles. The number of carbonyl (C=O) groups is 1. The lowest BCUT2D eigenvalue weighted by Gasteiger charge is -2.11. The Morgan fingerprint density at radius 2 is 2.15 bits per heavy atom. The molecule has 0 aliphatic carbocycles. The molecule has 0 amide bonds. The number of halogens is 1. The van der Waals surface area contributed by atoms with Crippen molar-refractivity contribution in [3.63, 3.8) is 0 Å². The summed E-state index contributed by atoms with van der Waals surface area (Å²) in [5.74, 6) is -0.500. The summed E-state index contributed by atoms with van der Waals surface area (Å²) < 4.78 is 15.5. The molecule has 1 aliphatic rings. The SMILES string of the molecule is O=C(OCC1OCCO1)c1ccc2ncccc2c1Cl. The first-order valence-electron chi connectivity index (χ1n) is 6.19. The Bertz CT molecular complexity index is 640. The fraction of sp³-hybridized carbons (Fsp3) is 0.286. The van der Waals surface area contributed by atoms with Crippen LogP contribution in [0.15, 0.2) is 30.5 Å². The minimum Gasteiger partial charge on any atom is -0.457 e. The van der Waals surface area contributed by atoms with Crippen molar-refractivity contribution >= 4 is 28.5 Å². The molecule has 1 aromatic heterocycles. The van der Waals surface area contributed by atoms with Crippen LogP contribution in [0.1, 0.15) is 10.4 Å². The normalized spacial score (nSPS) is 15.7. The van der Waals surface area contributed by atoms with E-state index in [4.69, 9.17) is 25.8 Å². The lowest BCUT2D eigenvalue weighted by molar-refractivity contribution is -0.0809. The van der Waals surface area contributed by atoms with Gasteiger partial charge in [-0.2, -0.15) is 0 Å². The smallest absolute Gasteiger partial charge is 0.339 e. The van der Waals surface area contributed by atoms with Crippen LogP contribution in [0.25, 0.3) is 10.9 Å². The van der Waals surface area contributed by atoms with Crippen molar-refractivity contribution < 1.29 is 19.0 Å². The van der Waals surface area contributed by atoms with Gasteiger partial charge in [-0.1, -0.05) is 11.6 Å². The van der Waals surface area contributed by atoms with Crippen molar-refractivity contribution in [3.8, 4) is 0 Å². The highest BCUT2D eigenvalue weighted by Crippen LogP contribution is 2.26. The van der Waals surface area contributed by atoms with Gasteiger partial charge in [0.2, 0.25) is 0 Å². The van der Waals surface area contributed by atoms with Crippen LogP contribution in [0.5, 0.6) is 0 Å². The molecule has 3 rings (SSSR count). The van der Waals surface area contributed by atoms with Crippen molar-refractivity contribution in [2.45, 2.75) is 6.29 Å². The van der Waals surface area contributed by atoms with Crippen LogP contribution in [0.2, 0.25) is 5.02 Å². The van der Waals surface area contributed by atoms with Crippen molar-refractivity contribution in [2.24, 2.45) is 0 Å². The highest BCUT2D eigenvalue weighted by molar-refractivity contribution is 6.38. The Hall–Kier alpha value is -1.69. The molecule has 1 aromatic carbocycles. The second-order valence-corrected chi connectivity index (χ2v) is 4.64. The molecule has 0 spiro atoms. The van der Waals surface area contributed by atoms with Crippen LogP contribution >= 0.6 is 11.6 Å². The van der Waals surface area contributed by atoms with E-state index in [9.17, 15) is 4.79 Å². The molecular weight excluding hydrogens is 282 g/mol. The number of carbonyl (C=O) groups excluding carboxylic acids is 1. The zero-order valence-corrected chi connectivity index (χ0v) is 11.3. The molecule has 6 heteroatoms. The van der Waals surface area contributed by atoms with Crippen LogP contribution in [-0.2, 0) is 14.2 Å². The molecular formula is C14H12ClNO4. The number of hydrogen-bond acceptors (Lipinski definition) is 5. The van der Waals surface area contributed by atoms with E-state index in [1.54, 1.807) is 24.4 Å². The monoisotopic (exact) mass is 293 g/mol. The molecule has 0 unspecified atom stereocenters. The van der Waals surface area contributed by atoms with Gasteiger partial charge in [-0.15, -0.1) is 0 Å². The number of rotatable bonds is 3. The minimum absolute atomic E-state index is 0.0558. The second-order valence-electron chi connectivity index (χ2n) is 4.27. The van der Waals surface area contributed by atoms with Crippen LogP contribution in [0.4, 0.5) is 0 Å². The average molecular weight is 294 g/mol. The van der Waals surface area contributed by atoms with E-state index < -0.39 is 12.3 Å². The van der Waals surface area contributed by atoms with Gasteiger partial charge in [0.05, 0.1) is 29.3 Å². The molecule has 20 heavy (non-hydrogen) atoms. The second kappa shape index (κ2) is 5.75. The number of esters is 1. The average Bonchev–Trinajstić information content (AvgIpc) is 2.99. The summed E-state index contributed by atoms with van der Waals surface area (Å²) in [6, 6.07) is 6.92. The highest BCUT2D eigenvalue weighted by Gasteiger charge is 2.20. The number of pyridine rings is 1. The molecule has 2 aromatic rings. The van der Waals surface area contributed by atoms with E-state index in [1.807, 2.05) is 6.07 Å². The van der Waals surface area contributed by atoms with Gasteiger partial charge < -0.3 is 14.2 Å². The van der Waals surface area contributed by atoms with E-state index in [1.165, 1.54) is 0 Å². The van der Waals surface area contributed by atoms with E-state index in [0.717, 1.165) is 10.9 Å². The van der Waals surface area contributed by atoms with E-state index in [2.05, 4.69) is 4.98 Å². The third kappa shape index (κ3) is 2.60. The number of nitrogens with zero attached hydrogens (tertiary/aromatic N) is 1. The fourth-order valence-electron chi connectivity index (χ4n) is 2.00. The Labute approximate surface area is 120 Å². The van der Waals surface area contributed by atoms with Crippen molar-refractivity contribution in [2.75, 3.05) is 19.8 Å². The van der Waals surface area contributed by atoms with Crippen LogP contribution in [0, 0.1) is 0 Å². The number of hydrogen-bond donors (Lipinski definition) is 0. The first kappa shape index (κ1) is 13.3. The molecule has 0 radical (unpaired) electrons. The number of aromatic nitrogens is 1. The zero-order chi connectivity index (χ0) is 13.9. The quantitative estimate of drug-likeness (QED) is 0.814. The maximum Gasteiger partial charge on any atom is 0.339 e. The summed E-state index contributed by atoms with van der Waals surface area (Å²) >= 11 is 6.23. The van der Waals surface area contributed by atoms with Crippen molar-refractivity contribution in [3.05, 3.63) is 41.0 Å². The molecule has 0 saturated carbocycles. The maximum atomic E-state index is 12.0. The van der Waals surface area contributed by atoms with Gasteiger partial charge >= 0.3 is 5.97 Å². The minimum atomic E-state index is -0.500. The summed E-state index contributed by atoms with van der Waals surface area (Å²) in [7, 11) is 0. The van der Waals surface area contributed by atoms with Gasteiger partial charge in [-0.25, -0.2) is 4.79 Å². The predicted molar refractivity (Wildman–Crippen MR) is 72.7 cm³/mol. The lowest BCUT2D eigenvalue weighted by Crippen LogP contribution is -2.19. The van der Waals surface area contributed by atoms with Gasteiger partial charge in [0.25, 0.3) is 0 Å². The first-order chi connectivity index (χ1) is 9.75. The molecule has 0 atom stereocenters. The number of fused-ring (bicyclic) bond motifs is 1. The maximum absolute atomic E-state index is 12.0. The largest absolute Gasteiger partial charge is 0.457 e. The molecule has 5 nitrogen and oxygen atoms in total. The molecule has 2 heterocycles. The third-order valence-electron chi connectivity index (χ3n) is 2.98. The van der Waals surface area contributed by atoms with E-state index in [0.29, 0.717) is 23.8 Å². The number of benzene rings is 1. The Balaban J connectivity index is 1.78. The van der Waals surface area contributed by atoms with E-state index in [-0.39, 0.29) is 6.61 Å². The molecule has 104 valence electrons. The zero-order valence-electron chi connectivity index (χ0n) is 10.5. The van der Waals surface area contributed by atoms with E-state index >= 15 is 0 Å². The summed E-state index contributed by atoms with van der Waals surface area (Å²) in [6.07, 6.45) is 1.19. The summed E-state index contributed by atoms with van der Waals surface area (Å²) in [4.78, 5) is 16.2. The van der Waals surface area contributed by atoms with Crippen LogP contribution in [-0.4, -0.2) is 37.1 Å². The molecule has 1 aliphatic heterocycles. The van der Waals surface area contributed by atoms with Crippen molar-refractivity contribution in [1.82, 2.24) is 4.98 Å². The highest BCUT2D eigenvalue weighted by atomic mass is 35.5. The summed E-state index contributed by atoms with van der Waals surface area (Å²) in [5, 5.41) is 1.06. The van der Waals surface area contributed by atoms with Crippen LogP contribution < -0.4 is 0 Å². The molecule has 1 fully saturated rings. The molecule has 0 bridgehead atoms. The Morgan fingerprint density at radius 1 is 1.35 bits per heavy atom. The predicted octanol–water partition coefficient (Wildman–Crippen LogP) is 2.42. The molecule has 0 N–H and O–H groups in total.